The van der Waals surface area contributed by atoms with Crippen molar-refractivity contribution < 1.29 is 14.5 Å². The van der Waals surface area contributed by atoms with Crippen LogP contribution < -0.4 is 0 Å². The average Bonchev–Trinajstić information content (AvgIpc) is 3.05. The van der Waals surface area contributed by atoms with Crippen LogP contribution in [0.15, 0.2) is 4.63 Å². The van der Waals surface area contributed by atoms with Crippen molar-refractivity contribution in [3.63, 3.8) is 0 Å². The average molecular weight is 296 g/mol. The first-order valence-corrected chi connectivity index (χ1v) is 7.40. The number of hydrogen-bond donors (Lipinski definition) is 1. The van der Waals surface area contributed by atoms with E-state index in [1.807, 2.05) is 4.90 Å². The summed E-state index contributed by atoms with van der Waals surface area (Å²) in [5.74, 6) is 0.494. The highest BCUT2D eigenvalue weighted by molar-refractivity contribution is 5.78. The summed E-state index contributed by atoms with van der Waals surface area (Å²) >= 11 is 0. The van der Waals surface area contributed by atoms with E-state index in [2.05, 4.69) is 33.8 Å². The molecular formula is C14H24N4O3. The van der Waals surface area contributed by atoms with E-state index >= 15 is 0 Å². The number of amides is 1. The third-order valence-electron chi connectivity index (χ3n) is 4.31. The molecule has 1 aliphatic rings. The van der Waals surface area contributed by atoms with Crippen LogP contribution in [0, 0.1) is 18.8 Å². The Bertz CT molecular complexity index is 477. The fourth-order valence-corrected chi connectivity index (χ4v) is 2.75. The van der Waals surface area contributed by atoms with Crippen LogP contribution in [0.5, 0.6) is 0 Å². The van der Waals surface area contributed by atoms with Gasteiger partial charge in [0.1, 0.15) is 11.4 Å². The molecule has 1 N–H and O–H groups in total. The maximum atomic E-state index is 12.3. The van der Waals surface area contributed by atoms with E-state index in [0.717, 1.165) is 13.1 Å². The second-order valence-electron chi connectivity index (χ2n) is 5.83. The van der Waals surface area contributed by atoms with Crippen molar-refractivity contribution in [3.05, 3.63) is 11.4 Å². The first kappa shape index (κ1) is 15.9. The van der Waals surface area contributed by atoms with E-state index in [0.29, 0.717) is 30.4 Å². The molecular weight excluding hydrogens is 272 g/mol. The number of nitrogens with zero attached hydrogens (tertiary/aromatic N) is 4. The summed E-state index contributed by atoms with van der Waals surface area (Å²) < 4.78 is 4.62. The number of hydrogen-bond acceptors (Lipinski definition) is 6. The minimum Gasteiger partial charge on any atom is -0.396 e. The van der Waals surface area contributed by atoms with Gasteiger partial charge in [-0.3, -0.25) is 4.79 Å². The van der Waals surface area contributed by atoms with Gasteiger partial charge >= 0.3 is 0 Å². The minimum absolute atomic E-state index is 0.0221. The highest BCUT2D eigenvalue weighted by Gasteiger charge is 2.35. The number of aliphatic hydroxyl groups is 1. The van der Waals surface area contributed by atoms with Crippen molar-refractivity contribution in [1.29, 1.82) is 0 Å². The number of carbonyl (C=O) groups is 1. The molecule has 0 spiro atoms. The van der Waals surface area contributed by atoms with Crippen LogP contribution in [-0.4, -0.2) is 71.0 Å². The molecule has 0 aliphatic carbocycles. The van der Waals surface area contributed by atoms with Gasteiger partial charge in [0.15, 0.2) is 0 Å². The van der Waals surface area contributed by atoms with Crippen molar-refractivity contribution >= 4 is 5.91 Å². The smallest absolute Gasteiger partial charge is 0.228 e. The topological polar surface area (TPSA) is 82.7 Å². The number of likely N-dealkylation sites (tertiary alicyclic amines) is 1. The Kier molecular flexibility index (Phi) is 5.30. The van der Waals surface area contributed by atoms with Gasteiger partial charge in [-0.1, -0.05) is 17.2 Å². The third-order valence-corrected chi connectivity index (χ3v) is 4.31. The zero-order chi connectivity index (χ0) is 15.4. The largest absolute Gasteiger partial charge is 0.396 e. The van der Waals surface area contributed by atoms with Crippen LogP contribution in [0.4, 0.5) is 0 Å². The number of rotatable bonds is 6. The van der Waals surface area contributed by atoms with Crippen molar-refractivity contribution in [2.45, 2.75) is 20.3 Å². The van der Waals surface area contributed by atoms with Crippen LogP contribution >= 0.6 is 0 Å². The molecule has 0 aromatic carbocycles. The highest BCUT2D eigenvalue weighted by Crippen LogP contribution is 2.24. The van der Waals surface area contributed by atoms with Crippen LogP contribution in [0.3, 0.4) is 0 Å². The van der Waals surface area contributed by atoms with Crippen molar-refractivity contribution in [2.75, 3.05) is 39.8 Å². The minimum atomic E-state index is 0.0221. The summed E-state index contributed by atoms with van der Waals surface area (Å²) in [6.45, 7) is 7.17. The first-order valence-electron chi connectivity index (χ1n) is 7.40. The Morgan fingerprint density at radius 1 is 1.43 bits per heavy atom. The molecule has 118 valence electrons. The Labute approximate surface area is 124 Å². The molecule has 1 aromatic heterocycles. The highest BCUT2D eigenvalue weighted by atomic mass is 16.6. The molecule has 1 aromatic rings. The van der Waals surface area contributed by atoms with Crippen molar-refractivity contribution in [1.82, 2.24) is 20.1 Å². The molecule has 2 rings (SSSR count). The maximum absolute atomic E-state index is 12.3. The van der Waals surface area contributed by atoms with Gasteiger partial charge in [-0.25, -0.2) is 4.63 Å². The number of aromatic nitrogens is 2. The molecule has 0 bridgehead atoms. The molecule has 2 heterocycles. The normalized spacial score (nSPS) is 22.2. The van der Waals surface area contributed by atoms with E-state index < -0.39 is 0 Å². The van der Waals surface area contributed by atoms with E-state index in [4.69, 9.17) is 0 Å². The van der Waals surface area contributed by atoms with Gasteiger partial charge in [-0.05, 0) is 26.4 Å². The zero-order valence-corrected chi connectivity index (χ0v) is 12.9. The standard InChI is InChI=1S/C14H24N4O3/c1-4-17(3)6-11-7-18(8-12(11)9-19)14(20)5-13-10(2)15-21-16-13/h11-12,19H,4-9H2,1-3H3/t11-,12-/m1/s1. The number of carbonyl (C=O) groups excluding carboxylic acids is 1. The van der Waals surface area contributed by atoms with Crippen LogP contribution in [0.25, 0.3) is 0 Å². The van der Waals surface area contributed by atoms with Crippen LogP contribution in [-0.2, 0) is 11.2 Å². The fraction of sp³-hybridized carbons (Fsp3) is 0.786. The Hall–Kier alpha value is -1.47. The predicted molar refractivity (Wildman–Crippen MR) is 76.6 cm³/mol. The summed E-state index contributed by atoms with van der Waals surface area (Å²) in [5, 5.41) is 17.0. The first-order chi connectivity index (χ1) is 10.0. The zero-order valence-electron chi connectivity index (χ0n) is 12.9. The molecule has 1 amide bonds. The van der Waals surface area contributed by atoms with E-state index in [-0.39, 0.29) is 24.9 Å². The van der Waals surface area contributed by atoms with E-state index in [1.165, 1.54) is 0 Å². The van der Waals surface area contributed by atoms with Crippen molar-refractivity contribution in [2.24, 2.45) is 11.8 Å². The predicted octanol–water partition coefficient (Wildman–Crippen LogP) is -0.0609. The molecule has 1 saturated heterocycles. The second kappa shape index (κ2) is 7.00. The van der Waals surface area contributed by atoms with Gasteiger partial charge in [0.2, 0.25) is 5.91 Å². The lowest BCUT2D eigenvalue weighted by Crippen LogP contribution is -2.32. The van der Waals surface area contributed by atoms with Gasteiger partial charge in [0, 0.05) is 32.2 Å². The van der Waals surface area contributed by atoms with Gasteiger partial charge in [0.25, 0.3) is 0 Å². The Balaban J connectivity index is 1.95. The summed E-state index contributed by atoms with van der Waals surface area (Å²) in [6.07, 6.45) is 0.212. The molecule has 7 heteroatoms. The lowest BCUT2D eigenvalue weighted by molar-refractivity contribution is -0.129. The molecule has 0 radical (unpaired) electrons. The van der Waals surface area contributed by atoms with E-state index in [1.54, 1.807) is 6.92 Å². The summed E-state index contributed by atoms with van der Waals surface area (Å²) in [5.41, 5.74) is 1.25. The van der Waals surface area contributed by atoms with Crippen molar-refractivity contribution in [3.8, 4) is 0 Å². The van der Waals surface area contributed by atoms with Gasteiger partial charge in [0.05, 0.1) is 6.42 Å². The molecule has 1 fully saturated rings. The van der Waals surface area contributed by atoms with E-state index in [9.17, 15) is 9.90 Å². The third kappa shape index (κ3) is 3.79. The van der Waals surface area contributed by atoms with Gasteiger partial charge in [-0.2, -0.15) is 0 Å². The lowest BCUT2D eigenvalue weighted by atomic mass is 9.96. The quantitative estimate of drug-likeness (QED) is 0.792. The molecule has 2 atom stereocenters. The summed E-state index contributed by atoms with van der Waals surface area (Å²) in [7, 11) is 2.06. The molecule has 0 saturated carbocycles. The monoisotopic (exact) mass is 296 g/mol. The Morgan fingerprint density at radius 3 is 2.71 bits per heavy atom. The fourth-order valence-electron chi connectivity index (χ4n) is 2.75. The second-order valence-corrected chi connectivity index (χ2v) is 5.83. The van der Waals surface area contributed by atoms with Gasteiger partial charge < -0.3 is 14.9 Å². The summed E-state index contributed by atoms with van der Waals surface area (Å²) in [6, 6.07) is 0. The SMILES string of the molecule is CCN(C)C[C@@H]1CN(C(=O)Cc2nonc2C)C[C@@H]1CO. The molecule has 21 heavy (non-hydrogen) atoms. The summed E-state index contributed by atoms with van der Waals surface area (Å²) in [4.78, 5) is 16.4. The lowest BCUT2D eigenvalue weighted by Gasteiger charge is -2.22. The maximum Gasteiger partial charge on any atom is 0.228 e. The molecule has 0 unspecified atom stereocenters. The Morgan fingerprint density at radius 2 is 2.14 bits per heavy atom. The molecule has 7 nitrogen and oxygen atoms in total. The van der Waals surface area contributed by atoms with Crippen LogP contribution in [0.1, 0.15) is 18.3 Å². The number of aliphatic hydroxyl groups excluding tert-OH is 1. The number of aryl methyl sites for hydroxylation is 1. The van der Waals surface area contributed by atoms with Crippen LogP contribution in [0.2, 0.25) is 0 Å². The van der Waals surface area contributed by atoms with Gasteiger partial charge in [-0.15, -0.1) is 0 Å². The molecule has 1 aliphatic heterocycles.